The molecule has 0 aliphatic carbocycles. The van der Waals surface area contributed by atoms with Gasteiger partial charge in [-0.15, -0.1) is 0 Å². The summed E-state index contributed by atoms with van der Waals surface area (Å²) in [6, 6.07) is 85.6. The van der Waals surface area contributed by atoms with E-state index >= 15 is 0 Å². The molecular weight excluding hydrogens is 745 g/mol. The predicted octanol–water partition coefficient (Wildman–Crippen LogP) is 17.5. The summed E-state index contributed by atoms with van der Waals surface area (Å²) in [4.78, 5) is 0. The van der Waals surface area contributed by atoms with Crippen molar-refractivity contribution in [3.05, 3.63) is 231 Å². The molecule has 0 nitrogen and oxygen atoms in total. The average molecular weight is 783 g/mol. The minimum Gasteiger partial charge on any atom is -0.0622 e. The zero-order valence-electron chi connectivity index (χ0n) is 33.9. The Morgan fingerprint density at radius 1 is 0.177 bits per heavy atom. The maximum atomic E-state index is 2.44. The predicted molar refractivity (Wildman–Crippen MR) is 267 cm³/mol. The Hall–Kier alpha value is -8.06. The lowest BCUT2D eigenvalue weighted by atomic mass is 9.82. The van der Waals surface area contributed by atoms with Crippen LogP contribution in [0.5, 0.6) is 0 Å². The Kier molecular flexibility index (Phi) is 7.71. The smallest absolute Gasteiger partial charge is 0.00199 e. The fourth-order valence-corrected chi connectivity index (χ4v) is 10.7. The summed E-state index contributed by atoms with van der Waals surface area (Å²) >= 11 is 0. The molecule has 0 fully saturated rings. The number of rotatable bonds is 5. The summed E-state index contributed by atoms with van der Waals surface area (Å²) in [5, 5.41) is 17.9. The van der Waals surface area contributed by atoms with E-state index in [1.165, 1.54) is 131 Å². The van der Waals surface area contributed by atoms with Crippen LogP contribution < -0.4 is 0 Å². The molecule has 286 valence electrons. The number of hydrogen-bond acceptors (Lipinski definition) is 0. The van der Waals surface area contributed by atoms with Gasteiger partial charge in [0, 0.05) is 0 Å². The number of hydrogen-bond donors (Lipinski definition) is 0. The average Bonchev–Trinajstić information content (AvgIpc) is 3.34. The second-order valence-electron chi connectivity index (χ2n) is 16.7. The lowest BCUT2D eigenvalue weighted by Gasteiger charge is -2.21. The van der Waals surface area contributed by atoms with Crippen LogP contribution in [-0.2, 0) is 0 Å². The third-order valence-electron chi connectivity index (χ3n) is 13.4. The maximum absolute atomic E-state index is 2.44. The normalized spacial score (nSPS) is 11.9. The lowest BCUT2D eigenvalue weighted by molar-refractivity contribution is 1.63. The Morgan fingerprint density at radius 2 is 0.548 bits per heavy atom. The molecule has 0 spiro atoms. The first kappa shape index (κ1) is 34.8. The molecule has 0 aliphatic rings. The first-order chi connectivity index (χ1) is 30.8. The van der Waals surface area contributed by atoms with Gasteiger partial charge in [-0.3, -0.25) is 0 Å². The molecular formula is C62H38. The molecule has 0 atom stereocenters. The van der Waals surface area contributed by atoms with Gasteiger partial charge in [0.2, 0.25) is 0 Å². The van der Waals surface area contributed by atoms with Crippen molar-refractivity contribution in [2.45, 2.75) is 0 Å². The van der Waals surface area contributed by atoms with Crippen molar-refractivity contribution in [1.82, 2.24) is 0 Å². The van der Waals surface area contributed by atoms with Crippen molar-refractivity contribution in [2.24, 2.45) is 0 Å². The first-order valence-corrected chi connectivity index (χ1v) is 21.6. The topological polar surface area (TPSA) is 0 Å². The van der Waals surface area contributed by atoms with E-state index in [0.29, 0.717) is 0 Å². The molecule has 0 heteroatoms. The fourth-order valence-electron chi connectivity index (χ4n) is 10.7. The van der Waals surface area contributed by atoms with Crippen LogP contribution in [0.15, 0.2) is 231 Å². The van der Waals surface area contributed by atoms with E-state index < -0.39 is 0 Å². The molecule has 0 aliphatic heterocycles. The van der Waals surface area contributed by atoms with Gasteiger partial charge in [0.25, 0.3) is 0 Å². The van der Waals surface area contributed by atoms with Crippen LogP contribution in [0.25, 0.3) is 131 Å². The van der Waals surface area contributed by atoms with Gasteiger partial charge in [-0.05, 0) is 137 Å². The second kappa shape index (κ2) is 13.7. The lowest BCUT2D eigenvalue weighted by Crippen LogP contribution is -1.94. The molecule has 0 heterocycles. The molecule has 62 heavy (non-hydrogen) atoms. The third kappa shape index (κ3) is 5.20. The van der Waals surface area contributed by atoms with Crippen molar-refractivity contribution in [3.8, 4) is 55.6 Å². The monoisotopic (exact) mass is 782 g/mol. The van der Waals surface area contributed by atoms with Gasteiger partial charge < -0.3 is 0 Å². The summed E-state index contributed by atoms with van der Waals surface area (Å²) in [6.45, 7) is 0. The summed E-state index contributed by atoms with van der Waals surface area (Å²) in [5.41, 5.74) is 12.5. The SMILES string of the molecule is c1ccc(-c2ccc3c(-c4ccc(-c5c6ccccc6c(-c6ccccc6)c6ccccc56)cc4)c4ccccc4c(-c4ccc5ccc6cccc7ccc4c5c67)c3c2)cc1. The van der Waals surface area contributed by atoms with Crippen molar-refractivity contribution in [1.29, 1.82) is 0 Å². The van der Waals surface area contributed by atoms with Crippen molar-refractivity contribution in [3.63, 3.8) is 0 Å². The van der Waals surface area contributed by atoms with Gasteiger partial charge in [0.05, 0.1) is 0 Å². The van der Waals surface area contributed by atoms with E-state index in [2.05, 4.69) is 231 Å². The molecule has 0 saturated carbocycles. The molecule has 0 amide bonds. The summed E-state index contributed by atoms with van der Waals surface area (Å²) < 4.78 is 0. The third-order valence-corrected chi connectivity index (χ3v) is 13.4. The Balaban J connectivity index is 1.07. The molecule has 13 aromatic carbocycles. The van der Waals surface area contributed by atoms with Gasteiger partial charge in [-0.2, -0.15) is 0 Å². The van der Waals surface area contributed by atoms with Crippen LogP contribution in [-0.4, -0.2) is 0 Å². The van der Waals surface area contributed by atoms with Crippen LogP contribution in [0.2, 0.25) is 0 Å². The van der Waals surface area contributed by atoms with Crippen LogP contribution in [0, 0.1) is 0 Å². The summed E-state index contributed by atoms with van der Waals surface area (Å²) in [6.07, 6.45) is 0. The van der Waals surface area contributed by atoms with Gasteiger partial charge in [0.15, 0.2) is 0 Å². The van der Waals surface area contributed by atoms with E-state index in [1.807, 2.05) is 0 Å². The number of benzene rings is 13. The maximum Gasteiger partial charge on any atom is -0.00199 e. The highest BCUT2D eigenvalue weighted by Crippen LogP contribution is 2.49. The minimum absolute atomic E-state index is 1.21. The summed E-state index contributed by atoms with van der Waals surface area (Å²) in [5.74, 6) is 0. The second-order valence-corrected chi connectivity index (χ2v) is 16.7. The molecule has 0 N–H and O–H groups in total. The molecule has 0 bridgehead atoms. The summed E-state index contributed by atoms with van der Waals surface area (Å²) in [7, 11) is 0. The van der Waals surface area contributed by atoms with Gasteiger partial charge in [-0.25, -0.2) is 0 Å². The quantitative estimate of drug-likeness (QED) is 0.120. The molecule has 0 unspecified atom stereocenters. The minimum atomic E-state index is 1.21. The Labute approximate surface area is 359 Å². The molecule has 13 rings (SSSR count). The van der Waals surface area contributed by atoms with E-state index in [9.17, 15) is 0 Å². The van der Waals surface area contributed by atoms with Crippen LogP contribution in [0.1, 0.15) is 0 Å². The largest absolute Gasteiger partial charge is 0.0622 e. The fraction of sp³-hybridized carbons (Fsp3) is 0. The van der Waals surface area contributed by atoms with E-state index in [0.717, 1.165) is 0 Å². The molecule has 0 saturated heterocycles. The van der Waals surface area contributed by atoms with Crippen molar-refractivity contribution < 1.29 is 0 Å². The highest BCUT2D eigenvalue weighted by atomic mass is 14.2. The Morgan fingerprint density at radius 3 is 1.08 bits per heavy atom. The Bertz CT molecular complexity index is 3800. The highest BCUT2D eigenvalue weighted by molar-refractivity contribution is 6.30. The van der Waals surface area contributed by atoms with Gasteiger partial charge in [-0.1, -0.05) is 224 Å². The van der Waals surface area contributed by atoms with Gasteiger partial charge >= 0.3 is 0 Å². The van der Waals surface area contributed by atoms with Crippen LogP contribution >= 0.6 is 0 Å². The number of fused-ring (bicyclic) bond motifs is 4. The highest BCUT2D eigenvalue weighted by Gasteiger charge is 2.22. The van der Waals surface area contributed by atoms with Crippen LogP contribution in [0.3, 0.4) is 0 Å². The standard InChI is InChI=1S/C62H38/c1-3-14-39(15-4-1)46-34-37-55-56(38-46)62(54-36-33-45-31-26-41-18-13-19-42-32-35-53(54)61(45)57(41)42)52-25-12-11-24-51(52)60(55)44-29-27-43(28-30-44)59-49-22-9-7-20-47(49)58(40-16-5-2-6-17-40)48-21-8-10-23-50(48)59/h1-38H. The first-order valence-electron chi connectivity index (χ1n) is 21.6. The molecule has 13 aromatic rings. The van der Waals surface area contributed by atoms with Crippen LogP contribution in [0.4, 0.5) is 0 Å². The van der Waals surface area contributed by atoms with Gasteiger partial charge in [0.1, 0.15) is 0 Å². The van der Waals surface area contributed by atoms with E-state index in [-0.39, 0.29) is 0 Å². The zero-order chi connectivity index (χ0) is 40.7. The van der Waals surface area contributed by atoms with E-state index in [4.69, 9.17) is 0 Å². The van der Waals surface area contributed by atoms with E-state index in [1.54, 1.807) is 0 Å². The van der Waals surface area contributed by atoms with Crippen molar-refractivity contribution in [2.75, 3.05) is 0 Å². The zero-order valence-corrected chi connectivity index (χ0v) is 33.9. The molecule has 0 aromatic heterocycles. The van der Waals surface area contributed by atoms with Crippen molar-refractivity contribution >= 4 is 75.4 Å². The molecule has 0 radical (unpaired) electrons.